The number of ether oxygens (including phenoxy) is 3. The molecule has 0 aliphatic rings. The molecule has 0 radical (unpaired) electrons. The van der Waals surface area contributed by atoms with Crippen molar-refractivity contribution in [1.82, 2.24) is 0 Å². The third kappa shape index (κ3) is 58.8. The fourth-order valence-electron chi connectivity index (χ4n) is 8.19. The van der Waals surface area contributed by atoms with Gasteiger partial charge in [0, 0.05) is 19.3 Å². The zero-order valence-corrected chi connectivity index (χ0v) is 47.6. The Labute approximate surface area is 450 Å². The number of esters is 3. The Bertz CT molecular complexity index is 1490. The first-order valence-electron chi connectivity index (χ1n) is 30.4. The van der Waals surface area contributed by atoms with E-state index in [9.17, 15) is 14.4 Å². The summed E-state index contributed by atoms with van der Waals surface area (Å²) in [4.78, 5) is 38.2. The lowest BCUT2D eigenvalue weighted by Crippen LogP contribution is -2.30. The maximum absolute atomic E-state index is 12.9. The van der Waals surface area contributed by atoms with E-state index in [1.807, 2.05) is 0 Å². The molecule has 0 saturated carbocycles. The van der Waals surface area contributed by atoms with Gasteiger partial charge in [0.15, 0.2) is 6.10 Å². The maximum atomic E-state index is 12.9. The molecule has 0 spiro atoms. The number of unbranched alkanes of at least 4 members (excludes halogenated alkanes) is 25. The molecule has 0 aliphatic heterocycles. The molecule has 1 unspecified atom stereocenters. The minimum absolute atomic E-state index is 0.104. The van der Waals surface area contributed by atoms with E-state index in [0.29, 0.717) is 19.3 Å². The molecule has 0 aromatic carbocycles. The van der Waals surface area contributed by atoms with Gasteiger partial charge < -0.3 is 14.2 Å². The number of carbonyl (C=O) groups excluding carboxylic acids is 3. The molecule has 0 aliphatic carbocycles. The molecule has 0 fully saturated rings. The van der Waals surface area contributed by atoms with Crippen LogP contribution in [-0.2, 0) is 28.6 Å². The summed E-state index contributed by atoms with van der Waals surface area (Å²) in [6.07, 6.45) is 82.3. The molecule has 0 N–H and O–H groups in total. The summed E-state index contributed by atoms with van der Waals surface area (Å²) in [6.45, 7) is 6.47. The van der Waals surface area contributed by atoms with Crippen molar-refractivity contribution in [3.8, 4) is 0 Å². The van der Waals surface area contributed by atoms with Gasteiger partial charge in [-0.1, -0.05) is 246 Å². The summed E-state index contributed by atoms with van der Waals surface area (Å²) in [7, 11) is 0. The van der Waals surface area contributed by atoms with Gasteiger partial charge in [0.25, 0.3) is 0 Å². The van der Waals surface area contributed by atoms with Gasteiger partial charge in [0.05, 0.1) is 0 Å². The fraction of sp³-hybridized carbons (Fsp3) is 0.687. The first-order valence-corrected chi connectivity index (χ1v) is 30.4. The van der Waals surface area contributed by atoms with E-state index in [-0.39, 0.29) is 37.5 Å². The second kappa shape index (κ2) is 60.6. The standard InChI is InChI=1S/C67H112O6/c1-4-7-10-13-16-19-22-25-28-31-32-33-34-35-36-37-40-42-45-48-51-54-57-60-66(69)72-63-64(73-67(70)61-58-55-52-49-46-43-39-30-27-24-21-18-15-12-9-6-3)62-71-65(68)59-56-53-50-47-44-41-38-29-26-23-20-17-14-11-8-5-2/h7,10,16,19,25,28-30,32-33,35-36,38-40,42,48,51,64H,4-6,8-9,11-15,17-18,20-24,26-27,31,34,37,41,43-47,49-50,52-63H2,1-3H3/b10-7-,19-16-,28-25-,33-32-,36-35-,38-29-,39-30-,42-40-,51-48-. The molecule has 0 heterocycles. The lowest BCUT2D eigenvalue weighted by atomic mass is 10.1. The van der Waals surface area contributed by atoms with Crippen LogP contribution in [0, 0.1) is 0 Å². The van der Waals surface area contributed by atoms with E-state index >= 15 is 0 Å². The van der Waals surface area contributed by atoms with Crippen LogP contribution in [0.1, 0.15) is 278 Å². The number of carbonyl (C=O) groups is 3. The molecule has 1 atom stereocenters. The zero-order valence-electron chi connectivity index (χ0n) is 47.6. The first kappa shape index (κ1) is 69.1. The highest BCUT2D eigenvalue weighted by molar-refractivity contribution is 5.71. The quantitative estimate of drug-likeness (QED) is 0.0261. The van der Waals surface area contributed by atoms with Crippen LogP contribution in [0.2, 0.25) is 0 Å². The number of hydrogen-bond donors (Lipinski definition) is 0. The van der Waals surface area contributed by atoms with Gasteiger partial charge in [-0.25, -0.2) is 0 Å². The summed E-state index contributed by atoms with van der Waals surface area (Å²) >= 11 is 0. The van der Waals surface area contributed by atoms with Gasteiger partial charge in [-0.3, -0.25) is 14.4 Å². The van der Waals surface area contributed by atoms with Crippen LogP contribution in [0.25, 0.3) is 0 Å². The fourth-order valence-corrected chi connectivity index (χ4v) is 8.19. The molecule has 73 heavy (non-hydrogen) atoms. The predicted molar refractivity (Wildman–Crippen MR) is 316 cm³/mol. The van der Waals surface area contributed by atoms with Crippen molar-refractivity contribution in [1.29, 1.82) is 0 Å². The van der Waals surface area contributed by atoms with Crippen LogP contribution in [0.4, 0.5) is 0 Å². The van der Waals surface area contributed by atoms with Gasteiger partial charge >= 0.3 is 17.9 Å². The lowest BCUT2D eigenvalue weighted by Gasteiger charge is -2.18. The topological polar surface area (TPSA) is 78.9 Å². The molecule has 0 amide bonds. The van der Waals surface area contributed by atoms with Crippen LogP contribution in [0.3, 0.4) is 0 Å². The van der Waals surface area contributed by atoms with E-state index in [1.54, 1.807) is 0 Å². The summed E-state index contributed by atoms with van der Waals surface area (Å²) < 4.78 is 16.8. The highest BCUT2D eigenvalue weighted by atomic mass is 16.6. The van der Waals surface area contributed by atoms with Crippen LogP contribution < -0.4 is 0 Å². The van der Waals surface area contributed by atoms with Crippen molar-refractivity contribution in [2.75, 3.05) is 13.2 Å². The Morgan fingerprint density at radius 2 is 0.548 bits per heavy atom. The Morgan fingerprint density at radius 3 is 0.904 bits per heavy atom. The predicted octanol–water partition coefficient (Wildman–Crippen LogP) is 20.7. The van der Waals surface area contributed by atoms with Crippen molar-refractivity contribution in [2.24, 2.45) is 0 Å². The highest BCUT2D eigenvalue weighted by Crippen LogP contribution is 2.14. The lowest BCUT2D eigenvalue weighted by molar-refractivity contribution is -0.167. The third-order valence-electron chi connectivity index (χ3n) is 12.7. The molecular weight excluding hydrogens is 901 g/mol. The van der Waals surface area contributed by atoms with Crippen molar-refractivity contribution >= 4 is 17.9 Å². The first-order chi connectivity index (χ1) is 36.0. The maximum Gasteiger partial charge on any atom is 0.306 e. The van der Waals surface area contributed by atoms with Crippen molar-refractivity contribution < 1.29 is 28.6 Å². The van der Waals surface area contributed by atoms with Crippen molar-refractivity contribution in [2.45, 2.75) is 284 Å². The average Bonchev–Trinajstić information content (AvgIpc) is 3.39. The molecular formula is C67H112O6. The Kier molecular flexibility index (Phi) is 57.4. The molecule has 0 aromatic rings. The van der Waals surface area contributed by atoms with Gasteiger partial charge in [-0.15, -0.1) is 0 Å². The Hall–Kier alpha value is -3.93. The van der Waals surface area contributed by atoms with Gasteiger partial charge in [0.2, 0.25) is 0 Å². The van der Waals surface area contributed by atoms with Crippen LogP contribution in [0.5, 0.6) is 0 Å². The van der Waals surface area contributed by atoms with E-state index in [1.165, 1.54) is 116 Å². The zero-order chi connectivity index (χ0) is 52.9. The summed E-state index contributed by atoms with van der Waals surface area (Å²) in [5, 5.41) is 0. The number of rotatable bonds is 54. The molecule has 0 rings (SSSR count). The van der Waals surface area contributed by atoms with E-state index < -0.39 is 6.10 Å². The molecule has 6 nitrogen and oxygen atoms in total. The Morgan fingerprint density at radius 1 is 0.288 bits per heavy atom. The molecule has 0 saturated heterocycles. The monoisotopic (exact) mass is 1010 g/mol. The van der Waals surface area contributed by atoms with E-state index in [2.05, 4.69) is 130 Å². The van der Waals surface area contributed by atoms with Gasteiger partial charge in [-0.2, -0.15) is 0 Å². The minimum atomic E-state index is -0.812. The van der Waals surface area contributed by atoms with E-state index in [0.717, 1.165) is 116 Å². The smallest absolute Gasteiger partial charge is 0.306 e. The second-order valence-electron chi connectivity index (χ2n) is 19.9. The summed E-state index contributed by atoms with van der Waals surface area (Å²) in [5.74, 6) is -0.978. The van der Waals surface area contributed by atoms with Gasteiger partial charge in [0.1, 0.15) is 13.2 Å². The van der Waals surface area contributed by atoms with Crippen molar-refractivity contribution in [3.63, 3.8) is 0 Å². The van der Waals surface area contributed by atoms with E-state index in [4.69, 9.17) is 14.2 Å². The highest BCUT2D eigenvalue weighted by Gasteiger charge is 2.19. The molecule has 416 valence electrons. The second-order valence-corrected chi connectivity index (χ2v) is 19.9. The van der Waals surface area contributed by atoms with Crippen LogP contribution in [-0.4, -0.2) is 37.2 Å². The average molecular weight is 1010 g/mol. The minimum Gasteiger partial charge on any atom is -0.462 e. The normalized spacial score (nSPS) is 12.9. The SMILES string of the molecule is CC/C=C\C/C=C\C/C=C\C/C=C\C/C=C\C/C=C\C/C=C\CCCC(=O)OCC(COC(=O)CCCCCCC/C=C\CCCCCCCCC)OC(=O)CCCCCCC/C=C\CCCCCCCCC. The summed E-state index contributed by atoms with van der Waals surface area (Å²) in [6, 6.07) is 0. The molecule has 0 bridgehead atoms. The van der Waals surface area contributed by atoms with Crippen molar-refractivity contribution in [3.05, 3.63) is 109 Å². The third-order valence-corrected chi connectivity index (χ3v) is 12.7. The molecule has 0 aromatic heterocycles. The number of hydrogen-bond acceptors (Lipinski definition) is 6. The Balaban J connectivity index is 4.50. The molecule has 6 heteroatoms. The number of allylic oxidation sites excluding steroid dienone is 18. The van der Waals surface area contributed by atoms with Crippen LogP contribution in [0.15, 0.2) is 109 Å². The van der Waals surface area contributed by atoms with Crippen LogP contribution >= 0.6 is 0 Å². The van der Waals surface area contributed by atoms with Gasteiger partial charge in [-0.05, 0) is 122 Å². The summed E-state index contributed by atoms with van der Waals surface area (Å²) in [5.41, 5.74) is 0. The largest absolute Gasteiger partial charge is 0.462 e.